The molecule has 0 bridgehead atoms. The standard InChI is InChI=1S/C24H26N2.C3H7I.CHF3O3S.HI/c1-5-26-16-18-10-6-7-11-20(18)19(17-26)14-15-23-24(2,3)21-12-8-9-13-22(21)25(23)4;1-2-3-4;2-1(3,4)8(5,6)7;/h6-17H,5H2,1-4H3;2-3H2,1H3;(H,5,6,7);1H/q+2;;;/p-2/b15-14+;;;. The fourth-order valence-corrected chi connectivity index (χ4v) is 4.12. The largest absolute Gasteiger partial charge is 1.00 e. The van der Waals surface area contributed by atoms with Gasteiger partial charge in [-0.15, -0.1) is 0 Å². The first-order chi connectivity index (χ1) is 17.7. The molecule has 0 saturated heterocycles. The zero-order valence-corrected chi connectivity index (χ0v) is 27.6. The number of aromatic nitrogens is 1. The van der Waals surface area contributed by atoms with Gasteiger partial charge in [-0.1, -0.05) is 65.9 Å². The molecule has 0 atom stereocenters. The number of alkyl halides is 4. The number of para-hydroxylation sites is 1. The van der Waals surface area contributed by atoms with E-state index >= 15 is 0 Å². The Balaban J connectivity index is 0.000000496. The molecule has 0 aliphatic carbocycles. The lowest BCUT2D eigenvalue weighted by Gasteiger charge is -2.15. The molecule has 0 saturated carbocycles. The molecular formula is C28H33F3I2N2O3S. The number of aryl methyl sites for hydroxylation is 1. The van der Waals surface area contributed by atoms with Crippen molar-refractivity contribution in [3.63, 3.8) is 0 Å². The van der Waals surface area contributed by atoms with Crippen LogP contribution in [-0.4, -0.2) is 40.2 Å². The Bertz CT molecular complexity index is 1440. The Morgan fingerprint density at radius 2 is 1.54 bits per heavy atom. The van der Waals surface area contributed by atoms with Crippen molar-refractivity contribution in [3.8, 4) is 0 Å². The molecule has 0 amide bonds. The van der Waals surface area contributed by atoms with E-state index in [2.05, 4.69) is 140 Å². The lowest BCUT2D eigenvalue weighted by Crippen LogP contribution is -3.00. The fourth-order valence-electron chi connectivity index (χ4n) is 4.12. The first kappa shape index (κ1) is 35.4. The molecule has 11 heteroatoms. The molecule has 1 aliphatic rings. The van der Waals surface area contributed by atoms with Gasteiger partial charge in [0.1, 0.15) is 13.6 Å². The van der Waals surface area contributed by atoms with E-state index < -0.39 is 15.6 Å². The van der Waals surface area contributed by atoms with Gasteiger partial charge in [0.15, 0.2) is 28.2 Å². The molecule has 4 rings (SSSR count). The molecule has 39 heavy (non-hydrogen) atoms. The van der Waals surface area contributed by atoms with Gasteiger partial charge in [-0.2, -0.15) is 17.7 Å². The van der Waals surface area contributed by atoms with Gasteiger partial charge in [-0.25, -0.2) is 13.0 Å². The SMILES string of the molecule is CCCI.CC[n+]1cc(/C=C/C2=[N+](C)c3ccccc3C2(C)C)c2ccccc2c1.O=S(=O)([O-])C(F)(F)F.[I-]. The summed E-state index contributed by atoms with van der Waals surface area (Å²) in [6, 6.07) is 17.3. The lowest BCUT2D eigenvalue weighted by molar-refractivity contribution is -0.692. The predicted molar refractivity (Wildman–Crippen MR) is 154 cm³/mol. The Hall–Kier alpha value is -1.58. The van der Waals surface area contributed by atoms with E-state index in [9.17, 15) is 13.2 Å². The zero-order valence-electron chi connectivity index (χ0n) is 22.5. The summed E-state index contributed by atoms with van der Waals surface area (Å²) in [6.07, 6.45) is 10.3. The number of rotatable bonds is 4. The second-order valence-electron chi connectivity index (χ2n) is 9.14. The molecule has 2 aromatic carbocycles. The number of hydrogen-bond donors (Lipinski definition) is 0. The van der Waals surface area contributed by atoms with Gasteiger partial charge in [0, 0.05) is 34.0 Å². The summed E-state index contributed by atoms with van der Waals surface area (Å²) in [5, 5.41) is 2.58. The maximum Gasteiger partial charge on any atom is 0.485 e. The van der Waals surface area contributed by atoms with E-state index in [0.717, 1.165) is 6.54 Å². The van der Waals surface area contributed by atoms with Gasteiger partial charge in [0.2, 0.25) is 5.69 Å². The summed E-state index contributed by atoms with van der Waals surface area (Å²) in [4.78, 5) is 0. The van der Waals surface area contributed by atoms with Crippen LogP contribution in [0.25, 0.3) is 16.8 Å². The third-order valence-corrected chi connectivity index (χ3v) is 7.73. The highest BCUT2D eigenvalue weighted by Gasteiger charge is 2.42. The summed E-state index contributed by atoms with van der Waals surface area (Å²) in [5.41, 5.74) is -0.352. The van der Waals surface area contributed by atoms with Crippen molar-refractivity contribution in [1.82, 2.24) is 0 Å². The van der Waals surface area contributed by atoms with Crippen LogP contribution in [0.4, 0.5) is 18.9 Å². The monoisotopic (exact) mass is 788 g/mol. The van der Waals surface area contributed by atoms with Crippen LogP contribution in [0.1, 0.15) is 45.2 Å². The van der Waals surface area contributed by atoms with E-state index in [1.807, 2.05) is 0 Å². The van der Waals surface area contributed by atoms with Crippen molar-refractivity contribution in [3.05, 3.63) is 78.1 Å². The normalized spacial score (nSPS) is 14.2. The molecule has 3 aromatic rings. The van der Waals surface area contributed by atoms with Gasteiger partial charge >= 0.3 is 5.51 Å². The van der Waals surface area contributed by atoms with E-state index in [1.165, 1.54) is 44.1 Å². The third-order valence-electron chi connectivity index (χ3n) is 6.08. The van der Waals surface area contributed by atoms with Crippen LogP contribution in [-0.2, 0) is 22.1 Å². The Morgan fingerprint density at radius 3 is 2.05 bits per heavy atom. The van der Waals surface area contributed by atoms with Crippen molar-refractivity contribution in [2.45, 2.75) is 51.6 Å². The average Bonchev–Trinajstić information content (AvgIpc) is 3.06. The van der Waals surface area contributed by atoms with Gasteiger partial charge < -0.3 is 28.5 Å². The molecule has 214 valence electrons. The number of pyridine rings is 1. The van der Waals surface area contributed by atoms with Gasteiger partial charge in [-0.05, 0) is 43.8 Å². The second kappa shape index (κ2) is 14.9. The van der Waals surface area contributed by atoms with Crippen molar-refractivity contribution in [2.75, 3.05) is 11.5 Å². The number of benzene rings is 2. The smallest absolute Gasteiger partial charge is 0.485 e. The zero-order chi connectivity index (χ0) is 28.7. The number of nitrogens with zero attached hydrogens (tertiary/aromatic N) is 2. The van der Waals surface area contributed by atoms with Crippen LogP contribution in [0.5, 0.6) is 0 Å². The number of hydrogen-bond acceptors (Lipinski definition) is 3. The van der Waals surface area contributed by atoms with Crippen LogP contribution in [0.3, 0.4) is 0 Å². The topological polar surface area (TPSA) is 64.1 Å². The molecule has 5 nitrogen and oxygen atoms in total. The van der Waals surface area contributed by atoms with Crippen LogP contribution in [0.2, 0.25) is 0 Å². The molecule has 2 heterocycles. The van der Waals surface area contributed by atoms with Crippen molar-refractivity contribution in [2.24, 2.45) is 0 Å². The van der Waals surface area contributed by atoms with Crippen LogP contribution < -0.4 is 28.5 Å². The van der Waals surface area contributed by atoms with Crippen LogP contribution in [0, 0.1) is 0 Å². The van der Waals surface area contributed by atoms with E-state index in [4.69, 9.17) is 13.0 Å². The third kappa shape index (κ3) is 8.95. The molecule has 0 unspecified atom stereocenters. The molecule has 0 radical (unpaired) electrons. The summed E-state index contributed by atoms with van der Waals surface area (Å²) in [5.74, 6) is 0. The number of fused-ring (bicyclic) bond motifs is 2. The highest BCUT2D eigenvalue weighted by atomic mass is 127. The minimum atomic E-state index is -6.09. The molecule has 0 N–H and O–H groups in total. The minimum Gasteiger partial charge on any atom is -1.00 e. The summed E-state index contributed by atoms with van der Waals surface area (Å²) in [7, 11) is -3.92. The lowest BCUT2D eigenvalue weighted by atomic mass is 9.81. The Labute approximate surface area is 259 Å². The van der Waals surface area contributed by atoms with E-state index in [1.54, 1.807) is 0 Å². The van der Waals surface area contributed by atoms with Crippen molar-refractivity contribution >= 4 is 61.0 Å². The summed E-state index contributed by atoms with van der Waals surface area (Å²) in [6.45, 7) is 9.95. The highest BCUT2D eigenvalue weighted by molar-refractivity contribution is 14.1. The molecule has 1 aliphatic heterocycles. The molecular weight excluding hydrogens is 755 g/mol. The number of allylic oxidation sites excluding steroid dienone is 1. The first-order valence-corrected chi connectivity index (χ1v) is 15.0. The Morgan fingerprint density at radius 1 is 1.00 bits per heavy atom. The van der Waals surface area contributed by atoms with Crippen molar-refractivity contribution in [1.29, 1.82) is 0 Å². The van der Waals surface area contributed by atoms with Crippen molar-refractivity contribution < 1.29 is 59.3 Å². The van der Waals surface area contributed by atoms with Crippen LogP contribution in [0.15, 0.2) is 67.0 Å². The molecule has 1 aromatic heterocycles. The fraction of sp³-hybridized carbons (Fsp3) is 0.357. The first-order valence-electron chi connectivity index (χ1n) is 12.1. The van der Waals surface area contributed by atoms with E-state index in [0.29, 0.717) is 0 Å². The average molecular weight is 788 g/mol. The van der Waals surface area contributed by atoms with Gasteiger partial charge in [0.05, 0.1) is 5.41 Å². The molecule has 0 spiro atoms. The van der Waals surface area contributed by atoms with Crippen LogP contribution >= 0.6 is 22.6 Å². The molecule has 0 fully saturated rings. The maximum absolute atomic E-state index is 10.7. The van der Waals surface area contributed by atoms with Gasteiger partial charge in [-0.3, -0.25) is 0 Å². The second-order valence-corrected chi connectivity index (χ2v) is 11.6. The highest BCUT2D eigenvalue weighted by Crippen LogP contribution is 2.39. The summed E-state index contributed by atoms with van der Waals surface area (Å²) >= 11 is 2.35. The van der Waals surface area contributed by atoms with Gasteiger partial charge in [0.25, 0.3) is 0 Å². The van der Waals surface area contributed by atoms with E-state index in [-0.39, 0.29) is 29.4 Å². The maximum atomic E-state index is 10.7. The number of halogens is 5. The summed E-state index contributed by atoms with van der Waals surface area (Å²) < 4.78 is 64.8. The predicted octanol–water partition coefficient (Wildman–Crippen LogP) is 3.75. The Kier molecular flexibility index (Phi) is 13.5. The quantitative estimate of drug-likeness (QED) is 0.133. The minimum absolute atomic E-state index is 0.